The minimum Gasteiger partial charge on any atom is -0.361 e. The summed E-state index contributed by atoms with van der Waals surface area (Å²) >= 11 is 2.08. The monoisotopic (exact) mass is 1040 g/mol. The zero-order chi connectivity index (χ0) is 50.6. The Morgan fingerprint density at radius 2 is 0.753 bits per heavy atom. The molecule has 0 amide bonds. The number of para-hydroxylation sites is 4. The Hall–Kier alpha value is -5.30. The number of rotatable bonds is 5. The molecule has 17 unspecified atom stereocenters. The second-order valence-corrected chi connectivity index (χ2v) is 27.2. The normalized spacial score (nSPS) is 36.6. The average Bonchev–Trinajstić information content (AvgIpc) is 4.06. The smallest absolute Gasteiger partial charge is 0.0501 e. The third-order valence-corrected chi connectivity index (χ3v) is 24.2. The van der Waals surface area contributed by atoms with Crippen LogP contribution in [0.15, 0.2) is 164 Å². The highest BCUT2D eigenvalue weighted by Gasteiger charge is 2.62. The molecule has 17 atom stereocenters. The third-order valence-electron chi connectivity index (χ3n) is 23.0. The summed E-state index contributed by atoms with van der Waals surface area (Å²) in [5.41, 5.74) is 7.62. The topological polar surface area (TPSA) is 25.0 Å². The molecule has 4 heterocycles. The zero-order valence-electron chi connectivity index (χ0n) is 45.3. The summed E-state index contributed by atoms with van der Waals surface area (Å²) in [5.74, 6) is 5.47. The van der Waals surface area contributed by atoms with Crippen LogP contribution in [-0.4, -0.2) is 60.9 Å². The highest BCUT2D eigenvalue weighted by Crippen LogP contribution is 2.63. The zero-order valence-corrected chi connectivity index (χ0v) is 46.1. The molecule has 6 saturated carbocycles. The molecule has 1 N–H and O–H groups in total. The van der Waals surface area contributed by atoms with Gasteiger partial charge in [0, 0.05) is 73.1 Å². The number of hydrogen-bond donors (Lipinski definition) is 1. The Morgan fingerprint density at radius 3 is 1.27 bits per heavy atom. The molecule has 3 aliphatic heterocycles. The lowest BCUT2D eigenvalue weighted by Crippen LogP contribution is -2.74. The first kappa shape index (κ1) is 47.7. The van der Waals surface area contributed by atoms with Gasteiger partial charge in [0.1, 0.15) is 0 Å². The van der Waals surface area contributed by atoms with Gasteiger partial charge in [-0.1, -0.05) is 135 Å². The van der Waals surface area contributed by atoms with Crippen molar-refractivity contribution in [2.45, 2.75) is 169 Å². The van der Waals surface area contributed by atoms with Crippen molar-refractivity contribution in [3.63, 3.8) is 0 Å². The van der Waals surface area contributed by atoms with Crippen LogP contribution < -0.4 is 24.9 Å². The number of nitrogens with zero attached hydrogens (tertiary/aromatic N) is 4. The van der Waals surface area contributed by atoms with Crippen LogP contribution in [0.3, 0.4) is 0 Å². The molecular formula is C71H81N5S. The highest BCUT2D eigenvalue weighted by atomic mass is 32.1. The largest absolute Gasteiger partial charge is 0.361 e. The van der Waals surface area contributed by atoms with Crippen LogP contribution in [0, 0.1) is 41.4 Å². The Balaban J connectivity index is 0.866. The fourth-order valence-electron chi connectivity index (χ4n) is 20.4. The van der Waals surface area contributed by atoms with Crippen molar-refractivity contribution in [3.05, 3.63) is 169 Å². The van der Waals surface area contributed by atoms with Gasteiger partial charge in [-0.15, -0.1) is 11.3 Å². The quantitative estimate of drug-likeness (QED) is 0.173. The minimum absolute atomic E-state index is 0.479. The van der Waals surface area contributed by atoms with E-state index in [9.17, 15) is 0 Å². The Morgan fingerprint density at radius 1 is 0.325 bits per heavy atom. The number of hydrogen-bond acceptors (Lipinski definition) is 6. The maximum Gasteiger partial charge on any atom is 0.0501 e. The van der Waals surface area contributed by atoms with Gasteiger partial charge in [0.2, 0.25) is 0 Å². The molecule has 0 bridgehead atoms. The van der Waals surface area contributed by atoms with Crippen LogP contribution in [0.2, 0.25) is 0 Å². The van der Waals surface area contributed by atoms with E-state index in [1.165, 1.54) is 154 Å². The lowest BCUT2D eigenvalue weighted by atomic mass is 9.47. The van der Waals surface area contributed by atoms with E-state index >= 15 is 0 Å². The number of piperazine rings is 2. The van der Waals surface area contributed by atoms with E-state index in [1.807, 2.05) is 0 Å². The highest BCUT2D eigenvalue weighted by molar-refractivity contribution is 7.26. The van der Waals surface area contributed by atoms with Gasteiger partial charge in [-0.3, -0.25) is 0 Å². The molecule has 7 aromatic rings. The molecule has 16 rings (SSSR count). The lowest BCUT2D eigenvalue weighted by molar-refractivity contribution is -0.0794. The molecule has 396 valence electrons. The van der Waals surface area contributed by atoms with Crippen LogP contribution in [-0.2, 0) is 0 Å². The van der Waals surface area contributed by atoms with Crippen LogP contribution in [0.25, 0.3) is 20.2 Å². The number of piperidine rings is 1. The van der Waals surface area contributed by atoms with Gasteiger partial charge in [0.05, 0.1) is 24.2 Å². The fourth-order valence-corrected chi connectivity index (χ4v) is 21.7. The lowest BCUT2D eigenvalue weighted by Gasteiger charge is -2.67. The Labute approximate surface area is 463 Å². The standard InChI is InChI=1S/C71H81N5S/c1-5-21-47(22-6-1)73-61-33-14-15-34-62(61)74(48-23-7-2-8-24-48)66-43-58-54-32-20-40-72-70(54)60-45-68-67(75(49-25-9-3-10-26-49)63-35-16-17-36-64(63)76(68)50-27-11-4-12-28-50)44-59(60)56-41-46(38-39-52(56)57(58)42-65(66)73)51-30-19-31-55-53-29-13-18-37-69(53)77-71(51)55/h1-13,18-19,21-31,37,46,52,54,56-68,70,72H,14-17,20,32-36,38-45H2. The van der Waals surface area contributed by atoms with E-state index in [0.29, 0.717) is 89.9 Å². The fraction of sp³-hybridized carbons (Fsp3) is 0.493. The van der Waals surface area contributed by atoms with Gasteiger partial charge < -0.3 is 24.9 Å². The predicted octanol–water partition coefficient (Wildman–Crippen LogP) is 16.1. The van der Waals surface area contributed by atoms with Crippen molar-refractivity contribution in [3.8, 4) is 0 Å². The summed E-state index contributed by atoms with van der Waals surface area (Å²) in [6, 6.07) is 69.1. The van der Waals surface area contributed by atoms with Gasteiger partial charge in [0.25, 0.3) is 0 Å². The molecule has 9 aliphatic rings. The van der Waals surface area contributed by atoms with Crippen molar-refractivity contribution in [1.82, 2.24) is 5.32 Å². The van der Waals surface area contributed by atoms with E-state index in [0.717, 1.165) is 11.8 Å². The summed E-state index contributed by atoms with van der Waals surface area (Å²) in [6.07, 6.45) is 22.6. The number of fused-ring (bicyclic) bond motifs is 15. The molecular weight excluding hydrogens is 955 g/mol. The summed E-state index contributed by atoms with van der Waals surface area (Å²) in [6.45, 7) is 1.18. The van der Waals surface area contributed by atoms with Gasteiger partial charge >= 0.3 is 0 Å². The van der Waals surface area contributed by atoms with E-state index in [2.05, 4.69) is 200 Å². The molecule has 1 aromatic heterocycles. The summed E-state index contributed by atoms with van der Waals surface area (Å²) in [4.78, 5) is 12.4. The molecule has 5 nitrogen and oxygen atoms in total. The average molecular weight is 1040 g/mol. The number of thiophene rings is 1. The maximum atomic E-state index is 4.59. The van der Waals surface area contributed by atoms with Gasteiger partial charge in [-0.25, -0.2) is 0 Å². The molecule has 9 fully saturated rings. The molecule has 77 heavy (non-hydrogen) atoms. The maximum absolute atomic E-state index is 4.59. The van der Waals surface area contributed by atoms with Crippen molar-refractivity contribution in [2.24, 2.45) is 41.4 Å². The first-order valence-corrected chi connectivity index (χ1v) is 32.0. The number of nitrogens with one attached hydrogen (secondary N) is 1. The van der Waals surface area contributed by atoms with Gasteiger partial charge in [-0.2, -0.15) is 0 Å². The Kier molecular flexibility index (Phi) is 12.3. The second kappa shape index (κ2) is 19.8. The third kappa shape index (κ3) is 7.89. The van der Waals surface area contributed by atoms with Crippen molar-refractivity contribution in [2.75, 3.05) is 26.1 Å². The van der Waals surface area contributed by atoms with E-state index in [-0.39, 0.29) is 0 Å². The van der Waals surface area contributed by atoms with Crippen molar-refractivity contribution >= 4 is 54.3 Å². The van der Waals surface area contributed by atoms with Gasteiger partial charge in [0.15, 0.2) is 0 Å². The molecule has 0 radical (unpaired) electrons. The van der Waals surface area contributed by atoms with E-state index in [4.69, 9.17) is 0 Å². The molecule has 3 saturated heterocycles. The van der Waals surface area contributed by atoms with Crippen LogP contribution in [0.4, 0.5) is 22.7 Å². The number of benzene rings is 6. The minimum atomic E-state index is 0.479. The first-order chi connectivity index (χ1) is 38.2. The van der Waals surface area contributed by atoms with Crippen molar-refractivity contribution < 1.29 is 0 Å². The van der Waals surface area contributed by atoms with E-state index in [1.54, 1.807) is 10.3 Å². The summed E-state index contributed by atoms with van der Waals surface area (Å²) in [5, 5.41) is 7.52. The first-order valence-electron chi connectivity index (χ1n) is 31.2. The summed E-state index contributed by atoms with van der Waals surface area (Å²) in [7, 11) is 0. The molecule has 6 aromatic carbocycles. The van der Waals surface area contributed by atoms with Crippen LogP contribution >= 0.6 is 11.3 Å². The molecule has 6 heteroatoms. The summed E-state index contributed by atoms with van der Waals surface area (Å²) < 4.78 is 3.02. The van der Waals surface area contributed by atoms with Crippen LogP contribution in [0.5, 0.6) is 0 Å². The van der Waals surface area contributed by atoms with E-state index < -0.39 is 0 Å². The molecule has 0 spiro atoms. The second-order valence-electron chi connectivity index (χ2n) is 26.1. The molecule has 6 aliphatic carbocycles. The van der Waals surface area contributed by atoms with Crippen LogP contribution in [0.1, 0.15) is 121 Å². The predicted molar refractivity (Wildman–Crippen MR) is 323 cm³/mol. The Bertz CT molecular complexity index is 3110. The SMILES string of the molecule is c1ccc(N2C3CCCCC3N(c3ccccc3)C3CC4C(CC32)C2CCC(c3cccc5c3sc3ccccc35)CC2C2CC3C(CC2C2NCCCC42)N(c2ccccc2)C2CCCCC2N3c2ccccc2)cc1. The van der Waals surface area contributed by atoms with Gasteiger partial charge in [-0.05, 0) is 198 Å². The number of anilines is 4. The van der Waals surface area contributed by atoms with Crippen molar-refractivity contribution in [1.29, 1.82) is 0 Å².